The summed E-state index contributed by atoms with van der Waals surface area (Å²) in [6.07, 6.45) is 2.82. The quantitative estimate of drug-likeness (QED) is 0.624. The zero-order valence-corrected chi connectivity index (χ0v) is 16.7. The number of ether oxygens (including phenoxy) is 1. The average Bonchev–Trinajstić information content (AvgIpc) is 2.60. The molecule has 3 rings (SSSR count). The molecule has 0 bridgehead atoms. The molecule has 6 nitrogen and oxygen atoms in total. The average molecular weight is 410 g/mol. The Morgan fingerprint density at radius 1 is 0.926 bits per heavy atom. The SMILES string of the molecule is CS(=O)(=O)c1ccc(S(=O)(=O)N2CC(OCCCc3ccccc3)C2)cc1. The van der Waals surface area contributed by atoms with E-state index in [4.69, 9.17) is 4.74 Å². The number of aryl methyl sites for hydroxylation is 1. The van der Waals surface area contributed by atoms with Crippen molar-refractivity contribution in [2.45, 2.75) is 28.7 Å². The first-order valence-corrected chi connectivity index (χ1v) is 12.1. The number of benzene rings is 2. The van der Waals surface area contributed by atoms with Crippen LogP contribution in [0.2, 0.25) is 0 Å². The van der Waals surface area contributed by atoms with Crippen molar-refractivity contribution in [1.82, 2.24) is 4.31 Å². The third-order valence-electron chi connectivity index (χ3n) is 4.51. The fraction of sp³-hybridized carbons (Fsp3) is 0.368. The number of nitrogens with zero attached hydrogens (tertiary/aromatic N) is 1. The van der Waals surface area contributed by atoms with E-state index in [0.717, 1.165) is 19.1 Å². The Hall–Kier alpha value is -1.74. The van der Waals surface area contributed by atoms with Gasteiger partial charge in [-0.1, -0.05) is 30.3 Å². The Morgan fingerprint density at radius 2 is 1.52 bits per heavy atom. The lowest BCUT2D eigenvalue weighted by Crippen LogP contribution is -2.54. The topological polar surface area (TPSA) is 80.8 Å². The summed E-state index contributed by atoms with van der Waals surface area (Å²) in [6, 6.07) is 15.5. The molecular weight excluding hydrogens is 386 g/mol. The molecule has 0 spiro atoms. The molecule has 0 aromatic heterocycles. The van der Waals surface area contributed by atoms with Gasteiger partial charge in [0.05, 0.1) is 15.9 Å². The van der Waals surface area contributed by atoms with Gasteiger partial charge in [-0.25, -0.2) is 16.8 Å². The van der Waals surface area contributed by atoms with Crippen molar-refractivity contribution >= 4 is 19.9 Å². The van der Waals surface area contributed by atoms with E-state index >= 15 is 0 Å². The van der Waals surface area contributed by atoms with Gasteiger partial charge >= 0.3 is 0 Å². The van der Waals surface area contributed by atoms with Crippen molar-refractivity contribution in [2.75, 3.05) is 26.0 Å². The smallest absolute Gasteiger partial charge is 0.243 e. The summed E-state index contributed by atoms with van der Waals surface area (Å²) in [4.78, 5) is 0.196. The second kappa shape index (κ2) is 8.10. The van der Waals surface area contributed by atoms with Crippen LogP contribution in [0, 0.1) is 0 Å². The lowest BCUT2D eigenvalue weighted by Gasteiger charge is -2.37. The molecule has 1 aliphatic rings. The van der Waals surface area contributed by atoms with Crippen LogP contribution < -0.4 is 0 Å². The molecule has 1 aliphatic heterocycles. The van der Waals surface area contributed by atoms with Gasteiger partial charge in [-0.3, -0.25) is 0 Å². The third-order valence-corrected chi connectivity index (χ3v) is 7.48. The molecular formula is C19H23NO5S2. The predicted molar refractivity (Wildman–Crippen MR) is 103 cm³/mol. The van der Waals surface area contributed by atoms with Crippen molar-refractivity contribution in [1.29, 1.82) is 0 Å². The highest BCUT2D eigenvalue weighted by Gasteiger charge is 2.37. The number of rotatable bonds is 8. The molecule has 2 aromatic rings. The van der Waals surface area contributed by atoms with Crippen LogP contribution in [0.25, 0.3) is 0 Å². The molecule has 27 heavy (non-hydrogen) atoms. The molecule has 8 heteroatoms. The predicted octanol–water partition coefficient (Wildman–Crippen LogP) is 2.11. The Kier molecular flexibility index (Phi) is 6.00. The zero-order chi connectivity index (χ0) is 19.5. The second-order valence-corrected chi connectivity index (χ2v) is 10.6. The molecule has 0 N–H and O–H groups in total. The highest BCUT2D eigenvalue weighted by atomic mass is 32.2. The first-order valence-electron chi connectivity index (χ1n) is 8.72. The molecule has 0 saturated carbocycles. The summed E-state index contributed by atoms with van der Waals surface area (Å²) >= 11 is 0. The Bertz CT molecular complexity index is 965. The van der Waals surface area contributed by atoms with Gasteiger partial charge in [0.15, 0.2) is 9.84 Å². The maximum atomic E-state index is 12.6. The van der Waals surface area contributed by atoms with Gasteiger partial charge in [-0.15, -0.1) is 0 Å². The number of sulfone groups is 1. The highest BCUT2D eigenvalue weighted by Crippen LogP contribution is 2.24. The molecule has 0 amide bonds. The summed E-state index contributed by atoms with van der Waals surface area (Å²) in [7, 11) is -6.96. The summed E-state index contributed by atoms with van der Waals surface area (Å²) in [5.74, 6) is 0. The lowest BCUT2D eigenvalue weighted by molar-refractivity contribution is -0.0205. The van der Waals surface area contributed by atoms with Crippen molar-refractivity contribution < 1.29 is 21.6 Å². The standard InChI is InChI=1S/C19H23NO5S2/c1-26(21,22)18-9-11-19(12-10-18)27(23,24)20-14-17(15-20)25-13-5-8-16-6-3-2-4-7-16/h2-4,6-7,9-12,17H,5,8,13-15H2,1H3. The van der Waals surface area contributed by atoms with Crippen LogP contribution in [0.1, 0.15) is 12.0 Å². The molecule has 1 heterocycles. The normalized spacial score (nSPS) is 16.2. The summed E-state index contributed by atoms with van der Waals surface area (Å²) in [5, 5.41) is 0. The molecule has 0 aliphatic carbocycles. The van der Waals surface area contributed by atoms with Gasteiger partial charge in [-0.2, -0.15) is 4.31 Å². The van der Waals surface area contributed by atoms with Crippen molar-refractivity contribution in [2.24, 2.45) is 0 Å². The maximum absolute atomic E-state index is 12.6. The highest BCUT2D eigenvalue weighted by molar-refractivity contribution is 7.90. The Labute approximate surface area is 160 Å². The molecule has 2 aromatic carbocycles. The van der Waals surface area contributed by atoms with Crippen molar-refractivity contribution in [3.63, 3.8) is 0 Å². The first kappa shape index (κ1) is 20.0. The van der Waals surface area contributed by atoms with Crippen molar-refractivity contribution in [3.8, 4) is 0 Å². The first-order chi connectivity index (χ1) is 12.8. The fourth-order valence-corrected chi connectivity index (χ4v) is 5.01. The second-order valence-electron chi connectivity index (χ2n) is 6.65. The number of hydrogen-bond donors (Lipinski definition) is 0. The van der Waals surface area contributed by atoms with E-state index in [1.807, 2.05) is 18.2 Å². The molecule has 0 unspecified atom stereocenters. The maximum Gasteiger partial charge on any atom is 0.243 e. The minimum absolute atomic E-state index is 0.0918. The van der Waals surface area contributed by atoms with E-state index in [1.165, 1.54) is 34.1 Å². The fourth-order valence-electron chi connectivity index (χ4n) is 2.88. The van der Waals surface area contributed by atoms with E-state index in [-0.39, 0.29) is 15.9 Å². The van der Waals surface area contributed by atoms with E-state index in [0.29, 0.717) is 19.7 Å². The van der Waals surface area contributed by atoms with Crippen LogP contribution in [-0.2, 0) is 31.0 Å². The summed E-state index contributed by atoms with van der Waals surface area (Å²) in [6.45, 7) is 1.24. The molecule has 1 saturated heterocycles. The van der Waals surface area contributed by atoms with Crippen LogP contribution >= 0.6 is 0 Å². The third kappa shape index (κ3) is 4.95. The largest absolute Gasteiger partial charge is 0.375 e. The van der Waals surface area contributed by atoms with Gasteiger partial charge in [0.1, 0.15) is 0 Å². The Balaban J connectivity index is 1.46. The molecule has 1 fully saturated rings. The van der Waals surface area contributed by atoms with Gasteiger partial charge < -0.3 is 4.74 Å². The minimum Gasteiger partial charge on any atom is -0.375 e. The van der Waals surface area contributed by atoms with E-state index in [9.17, 15) is 16.8 Å². The number of sulfonamides is 1. The minimum atomic E-state index is -3.61. The summed E-state index contributed by atoms with van der Waals surface area (Å²) in [5.41, 5.74) is 1.26. The van der Waals surface area contributed by atoms with Crippen LogP contribution in [0.5, 0.6) is 0 Å². The molecule has 0 atom stereocenters. The van der Waals surface area contributed by atoms with Gasteiger partial charge in [-0.05, 0) is 42.7 Å². The van der Waals surface area contributed by atoms with E-state index in [1.54, 1.807) is 0 Å². The van der Waals surface area contributed by atoms with Gasteiger partial charge in [0, 0.05) is 26.0 Å². The van der Waals surface area contributed by atoms with Crippen LogP contribution in [0.4, 0.5) is 0 Å². The Morgan fingerprint density at radius 3 is 2.11 bits per heavy atom. The zero-order valence-electron chi connectivity index (χ0n) is 15.1. The van der Waals surface area contributed by atoms with Gasteiger partial charge in [0.25, 0.3) is 0 Å². The van der Waals surface area contributed by atoms with E-state index < -0.39 is 19.9 Å². The lowest BCUT2D eigenvalue weighted by atomic mass is 10.1. The monoisotopic (exact) mass is 409 g/mol. The number of hydrogen-bond acceptors (Lipinski definition) is 5. The van der Waals surface area contributed by atoms with Crippen LogP contribution in [0.3, 0.4) is 0 Å². The van der Waals surface area contributed by atoms with Gasteiger partial charge in [0.2, 0.25) is 10.0 Å². The molecule has 0 radical (unpaired) electrons. The molecule has 146 valence electrons. The van der Waals surface area contributed by atoms with E-state index in [2.05, 4.69) is 12.1 Å². The summed E-state index contributed by atoms with van der Waals surface area (Å²) < 4.78 is 55.2. The van der Waals surface area contributed by atoms with Crippen molar-refractivity contribution in [3.05, 3.63) is 60.2 Å². The van der Waals surface area contributed by atoms with Crippen LogP contribution in [0.15, 0.2) is 64.4 Å². The van der Waals surface area contributed by atoms with Crippen LogP contribution in [-0.4, -0.2) is 53.2 Å².